The lowest BCUT2D eigenvalue weighted by Crippen LogP contribution is -2.30. The molecule has 2 aliphatic rings. The van der Waals surface area contributed by atoms with Crippen molar-refractivity contribution in [2.45, 2.75) is 44.8 Å². The minimum absolute atomic E-state index is 0.149. The molecule has 1 heterocycles. The summed E-state index contributed by atoms with van der Waals surface area (Å²) >= 11 is 0. The quantitative estimate of drug-likeness (QED) is 0.622. The number of unbranched alkanes of at least 4 members (excludes halogenated alkanes) is 1. The highest BCUT2D eigenvalue weighted by Gasteiger charge is 2.48. The molecule has 1 aliphatic carbocycles. The highest BCUT2D eigenvalue weighted by Crippen LogP contribution is 2.50. The molecule has 2 fully saturated rings. The first-order valence-corrected chi connectivity index (χ1v) is 5.65. The van der Waals surface area contributed by atoms with Crippen molar-refractivity contribution in [2.75, 3.05) is 13.2 Å². The molecule has 0 bridgehead atoms. The number of hydrogen-bond acceptors (Lipinski definition) is 2. The van der Waals surface area contributed by atoms with Crippen LogP contribution in [0.25, 0.3) is 0 Å². The Morgan fingerprint density at radius 2 is 2.08 bits per heavy atom. The maximum Gasteiger partial charge on any atom is 0.460 e. The molecular formula is C10H19BO2. The first-order valence-electron chi connectivity index (χ1n) is 5.65. The fraction of sp³-hybridized carbons (Fsp3) is 1.00. The molecule has 13 heavy (non-hydrogen) atoms. The molecule has 0 aromatic rings. The molecule has 0 unspecified atom stereocenters. The zero-order valence-electron chi connectivity index (χ0n) is 8.50. The number of rotatable bonds is 4. The molecule has 1 saturated heterocycles. The van der Waals surface area contributed by atoms with E-state index in [4.69, 9.17) is 9.31 Å². The zero-order chi connectivity index (χ0) is 9.10. The minimum atomic E-state index is 0.149. The summed E-state index contributed by atoms with van der Waals surface area (Å²) in [6.45, 7) is 4.06. The third kappa shape index (κ3) is 2.47. The summed E-state index contributed by atoms with van der Waals surface area (Å²) in [4.78, 5) is 0. The van der Waals surface area contributed by atoms with Gasteiger partial charge in [-0.15, -0.1) is 0 Å². The summed E-state index contributed by atoms with van der Waals surface area (Å²) in [7, 11) is 0.149. The van der Waals surface area contributed by atoms with Gasteiger partial charge in [0.1, 0.15) is 0 Å². The van der Waals surface area contributed by atoms with Crippen LogP contribution in [0.4, 0.5) is 0 Å². The fourth-order valence-corrected chi connectivity index (χ4v) is 2.16. The maximum atomic E-state index is 5.59. The van der Waals surface area contributed by atoms with Gasteiger partial charge in [0.15, 0.2) is 0 Å². The molecule has 2 atom stereocenters. The lowest BCUT2D eigenvalue weighted by atomic mass is 9.79. The minimum Gasteiger partial charge on any atom is -0.411 e. The normalized spacial score (nSPS) is 33.5. The van der Waals surface area contributed by atoms with Gasteiger partial charge in [-0.3, -0.25) is 0 Å². The Balaban J connectivity index is 1.66. The van der Waals surface area contributed by atoms with Gasteiger partial charge in [-0.05, 0) is 24.6 Å². The van der Waals surface area contributed by atoms with Gasteiger partial charge in [0.25, 0.3) is 0 Å². The van der Waals surface area contributed by atoms with Gasteiger partial charge < -0.3 is 9.31 Å². The van der Waals surface area contributed by atoms with Crippen LogP contribution in [0.3, 0.4) is 0 Å². The predicted octanol–water partition coefficient (Wildman–Crippen LogP) is 2.49. The highest BCUT2D eigenvalue weighted by molar-refractivity contribution is 6.47. The third-order valence-corrected chi connectivity index (χ3v) is 3.11. The molecule has 0 amide bonds. The average molecular weight is 182 g/mol. The molecule has 0 N–H and O–H groups in total. The van der Waals surface area contributed by atoms with Crippen LogP contribution >= 0.6 is 0 Å². The Bertz CT molecular complexity index is 157. The zero-order valence-corrected chi connectivity index (χ0v) is 8.50. The summed E-state index contributed by atoms with van der Waals surface area (Å²) in [5.74, 6) is 1.63. The van der Waals surface area contributed by atoms with Crippen molar-refractivity contribution in [2.24, 2.45) is 5.92 Å². The van der Waals surface area contributed by atoms with E-state index < -0.39 is 0 Å². The van der Waals surface area contributed by atoms with Crippen molar-refractivity contribution in [1.82, 2.24) is 0 Å². The molecule has 74 valence electrons. The number of hydrogen-bond donors (Lipinski definition) is 0. The molecule has 3 heteroatoms. The Morgan fingerprint density at radius 1 is 1.31 bits per heavy atom. The van der Waals surface area contributed by atoms with Gasteiger partial charge in [-0.25, -0.2) is 0 Å². The van der Waals surface area contributed by atoms with Crippen molar-refractivity contribution in [3.8, 4) is 0 Å². The van der Waals surface area contributed by atoms with Crippen molar-refractivity contribution >= 4 is 7.12 Å². The molecule has 0 spiro atoms. The second-order valence-electron chi connectivity index (χ2n) is 4.27. The Morgan fingerprint density at radius 3 is 2.77 bits per heavy atom. The molecule has 1 saturated carbocycles. The van der Waals surface area contributed by atoms with Gasteiger partial charge in [-0.1, -0.05) is 26.2 Å². The van der Waals surface area contributed by atoms with E-state index in [9.17, 15) is 0 Å². The summed E-state index contributed by atoms with van der Waals surface area (Å²) < 4.78 is 11.2. The van der Waals surface area contributed by atoms with E-state index in [1.165, 1.54) is 25.7 Å². The predicted molar refractivity (Wildman–Crippen MR) is 53.7 cm³/mol. The van der Waals surface area contributed by atoms with Gasteiger partial charge >= 0.3 is 7.12 Å². The van der Waals surface area contributed by atoms with Crippen LogP contribution in [0.15, 0.2) is 0 Å². The van der Waals surface area contributed by atoms with Gasteiger partial charge in [-0.2, -0.15) is 0 Å². The lowest BCUT2D eigenvalue weighted by molar-refractivity contribution is 0.132. The lowest BCUT2D eigenvalue weighted by Gasteiger charge is -2.19. The van der Waals surface area contributed by atoms with E-state index in [0.29, 0.717) is 0 Å². The van der Waals surface area contributed by atoms with Gasteiger partial charge in [0.2, 0.25) is 0 Å². The molecule has 0 aromatic carbocycles. The second kappa shape index (κ2) is 4.47. The van der Waals surface area contributed by atoms with Crippen molar-refractivity contribution in [1.29, 1.82) is 0 Å². The Labute approximate surface area is 81.1 Å². The molecule has 2 nitrogen and oxygen atoms in total. The van der Waals surface area contributed by atoms with Crippen LogP contribution in [-0.4, -0.2) is 20.3 Å². The van der Waals surface area contributed by atoms with E-state index in [0.717, 1.165) is 31.4 Å². The first-order chi connectivity index (χ1) is 6.42. The van der Waals surface area contributed by atoms with Crippen molar-refractivity contribution in [3.05, 3.63) is 0 Å². The first kappa shape index (κ1) is 9.54. The van der Waals surface area contributed by atoms with Crippen LogP contribution in [0.1, 0.15) is 39.0 Å². The van der Waals surface area contributed by atoms with E-state index >= 15 is 0 Å². The summed E-state index contributed by atoms with van der Waals surface area (Å²) in [6.07, 6.45) is 6.47. The van der Waals surface area contributed by atoms with Gasteiger partial charge in [0, 0.05) is 13.2 Å². The van der Waals surface area contributed by atoms with Crippen molar-refractivity contribution < 1.29 is 9.31 Å². The van der Waals surface area contributed by atoms with E-state index in [1.807, 2.05) is 0 Å². The molecule has 1 aliphatic heterocycles. The third-order valence-electron chi connectivity index (χ3n) is 3.11. The topological polar surface area (TPSA) is 18.5 Å². The fourth-order valence-electron chi connectivity index (χ4n) is 2.16. The van der Waals surface area contributed by atoms with Crippen LogP contribution < -0.4 is 0 Å². The summed E-state index contributed by atoms with van der Waals surface area (Å²) in [5, 5.41) is 0. The smallest absolute Gasteiger partial charge is 0.411 e. The molecule has 0 aromatic heterocycles. The second-order valence-corrected chi connectivity index (χ2v) is 4.27. The van der Waals surface area contributed by atoms with Crippen LogP contribution in [0, 0.1) is 5.92 Å². The van der Waals surface area contributed by atoms with E-state index in [2.05, 4.69) is 6.92 Å². The molecule has 2 rings (SSSR count). The monoisotopic (exact) mass is 182 g/mol. The average Bonchev–Trinajstić information content (AvgIpc) is 2.95. The molecule has 0 radical (unpaired) electrons. The maximum absolute atomic E-state index is 5.59. The highest BCUT2D eigenvalue weighted by atomic mass is 16.6. The summed E-state index contributed by atoms with van der Waals surface area (Å²) in [5.41, 5.74) is 0. The van der Waals surface area contributed by atoms with Crippen LogP contribution in [0.2, 0.25) is 5.82 Å². The van der Waals surface area contributed by atoms with Gasteiger partial charge in [0.05, 0.1) is 0 Å². The van der Waals surface area contributed by atoms with E-state index in [-0.39, 0.29) is 7.12 Å². The van der Waals surface area contributed by atoms with E-state index in [1.54, 1.807) is 0 Å². The SMILES string of the molecule is CCCC[C@@H]1C[C@H]1B1OCCCO1. The Kier molecular flexibility index (Phi) is 3.28. The van der Waals surface area contributed by atoms with Crippen molar-refractivity contribution in [3.63, 3.8) is 0 Å². The largest absolute Gasteiger partial charge is 0.460 e. The van der Waals surface area contributed by atoms with Crippen LogP contribution in [0.5, 0.6) is 0 Å². The standard InChI is InChI=1S/C10H19BO2/c1-2-3-5-9-8-10(9)11-12-6-4-7-13-11/h9-10H,2-8H2,1H3/t9-,10-/m1/s1. The Hall–Kier alpha value is -0.0151. The van der Waals surface area contributed by atoms with Crippen LogP contribution in [-0.2, 0) is 9.31 Å². The summed E-state index contributed by atoms with van der Waals surface area (Å²) in [6, 6.07) is 0. The molecular weight excluding hydrogens is 163 g/mol.